The van der Waals surface area contributed by atoms with Crippen molar-refractivity contribution in [2.45, 2.75) is 84.6 Å². The van der Waals surface area contributed by atoms with Crippen molar-refractivity contribution in [3.8, 4) is 0 Å². The number of ether oxygens (including phenoxy) is 2. The normalized spacial score (nSPS) is 20.1. The van der Waals surface area contributed by atoms with Gasteiger partial charge < -0.3 is 14.4 Å². The predicted octanol–water partition coefficient (Wildman–Crippen LogP) is 5.47. The molecule has 0 saturated carbocycles. The molecule has 7 heteroatoms. The lowest BCUT2D eigenvalue weighted by Crippen LogP contribution is -2.40. The second kappa shape index (κ2) is 8.85. The topological polar surface area (TPSA) is 56.6 Å². The molecule has 2 aliphatic heterocycles. The maximum absolute atomic E-state index is 13.7. The van der Waals surface area contributed by atoms with Gasteiger partial charge in [-0.05, 0) is 76.6 Å². The smallest absolute Gasteiger partial charge is 0.410 e. The van der Waals surface area contributed by atoms with E-state index in [2.05, 4.69) is 6.92 Å². The Hall–Kier alpha value is -2.41. The van der Waals surface area contributed by atoms with Crippen molar-refractivity contribution in [1.82, 2.24) is 14.7 Å². The molecular formula is C25H34FN3O3. The van der Waals surface area contributed by atoms with Crippen molar-refractivity contribution >= 4 is 6.09 Å². The van der Waals surface area contributed by atoms with Crippen LogP contribution < -0.4 is 0 Å². The molecule has 1 amide bonds. The van der Waals surface area contributed by atoms with E-state index in [0.29, 0.717) is 19.5 Å². The maximum atomic E-state index is 13.7. The molecule has 1 aromatic heterocycles. The summed E-state index contributed by atoms with van der Waals surface area (Å²) in [6, 6.07) is 4.94. The fourth-order valence-electron chi connectivity index (χ4n) is 4.73. The van der Waals surface area contributed by atoms with Crippen LogP contribution in [0.3, 0.4) is 0 Å². The van der Waals surface area contributed by atoms with E-state index in [9.17, 15) is 9.18 Å². The van der Waals surface area contributed by atoms with Gasteiger partial charge in [-0.2, -0.15) is 5.10 Å². The molecule has 174 valence electrons. The SMILES string of the molecule is Cc1cc(F)ccc1C(C)c1nn(C2CCCCO2)c2c1CCN(C(=O)OC(C)(C)C)C2. The second-order valence-corrected chi connectivity index (χ2v) is 9.95. The first-order chi connectivity index (χ1) is 15.1. The van der Waals surface area contributed by atoms with Crippen molar-refractivity contribution in [2.75, 3.05) is 13.2 Å². The number of hydrogen-bond acceptors (Lipinski definition) is 4. The summed E-state index contributed by atoms with van der Waals surface area (Å²) in [6.45, 7) is 11.5. The second-order valence-electron chi connectivity index (χ2n) is 9.95. The van der Waals surface area contributed by atoms with E-state index in [4.69, 9.17) is 14.6 Å². The minimum absolute atomic E-state index is 0.0160. The highest BCUT2D eigenvalue weighted by Crippen LogP contribution is 2.36. The molecular weight excluding hydrogens is 409 g/mol. The standard InChI is InChI=1S/C25H34FN3O3/c1-16-14-18(26)9-10-19(16)17(2)23-20-11-12-28(24(30)32-25(3,4)5)15-21(20)29(27-23)22-8-6-7-13-31-22/h9-10,14,17,22H,6-8,11-13,15H2,1-5H3. The number of halogens is 1. The van der Waals surface area contributed by atoms with Gasteiger partial charge in [-0.3, -0.25) is 0 Å². The van der Waals surface area contributed by atoms with Crippen LogP contribution in [0.2, 0.25) is 0 Å². The van der Waals surface area contributed by atoms with Crippen LogP contribution in [0.4, 0.5) is 9.18 Å². The number of fused-ring (bicyclic) bond motifs is 1. The summed E-state index contributed by atoms with van der Waals surface area (Å²) in [5.74, 6) is -0.211. The van der Waals surface area contributed by atoms with Crippen molar-refractivity contribution in [2.24, 2.45) is 0 Å². The summed E-state index contributed by atoms with van der Waals surface area (Å²) in [4.78, 5) is 14.5. The van der Waals surface area contributed by atoms with Crippen molar-refractivity contribution in [3.63, 3.8) is 0 Å². The zero-order valence-electron chi connectivity index (χ0n) is 19.8. The first kappa shape index (κ1) is 22.8. The molecule has 2 aliphatic rings. The Morgan fingerprint density at radius 1 is 1.31 bits per heavy atom. The van der Waals surface area contributed by atoms with Crippen LogP contribution in [0, 0.1) is 12.7 Å². The van der Waals surface area contributed by atoms with Crippen LogP contribution in [0.15, 0.2) is 18.2 Å². The molecule has 1 aromatic carbocycles. The van der Waals surface area contributed by atoms with E-state index in [1.165, 1.54) is 11.6 Å². The molecule has 0 aliphatic carbocycles. The molecule has 32 heavy (non-hydrogen) atoms. The van der Waals surface area contributed by atoms with Crippen LogP contribution in [-0.4, -0.2) is 39.5 Å². The van der Waals surface area contributed by atoms with Crippen LogP contribution in [-0.2, 0) is 22.4 Å². The van der Waals surface area contributed by atoms with Gasteiger partial charge in [-0.15, -0.1) is 0 Å². The third-order valence-electron chi connectivity index (χ3n) is 6.31. The predicted molar refractivity (Wildman–Crippen MR) is 120 cm³/mol. The minimum atomic E-state index is -0.538. The number of aryl methyl sites for hydroxylation is 1. The molecule has 1 fully saturated rings. The van der Waals surface area contributed by atoms with Crippen LogP contribution in [0.25, 0.3) is 0 Å². The summed E-state index contributed by atoms with van der Waals surface area (Å²) in [7, 11) is 0. The number of benzene rings is 1. The van der Waals surface area contributed by atoms with E-state index in [1.807, 2.05) is 38.4 Å². The first-order valence-electron chi connectivity index (χ1n) is 11.6. The molecule has 6 nitrogen and oxygen atoms in total. The number of carbonyl (C=O) groups is 1. The Morgan fingerprint density at radius 3 is 2.75 bits per heavy atom. The minimum Gasteiger partial charge on any atom is -0.444 e. The Balaban J connectivity index is 1.70. The fraction of sp³-hybridized carbons (Fsp3) is 0.600. The highest BCUT2D eigenvalue weighted by molar-refractivity contribution is 5.68. The van der Waals surface area contributed by atoms with E-state index < -0.39 is 5.60 Å². The lowest BCUT2D eigenvalue weighted by molar-refractivity contribution is -0.0430. The van der Waals surface area contributed by atoms with Gasteiger partial charge in [0.05, 0.1) is 17.9 Å². The largest absolute Gasteiger partial charge is 0.444 e. The fourth-order valence-corrected chi connectivity index (χ4v) is 4.73. The number of nitrogens with zero attached hydrogens (tertiary/aromatic N) is 3. The Kier molecular flexibility index (Phi) is 6.30. The van der Waals surface area contributed by atoms with Crippen LogP contribution in [0.5, 0.6) is 0 Å². The van der Waals surface area contributed by atoms with Gasteiger partial charge in [0, 0.05) is 24.6 Å². The van der Waals surface area contributed by atoms with E-state index in [-0.39, 0.29) is 24.1 Å². The van der Waals surface area contributed by atoms with Gasteiger partial charge in [0.25, 0.3) is 0 Å². The van der Waals surface area contributed by atoms with Gasteiger partial charge in [0.1, 0.15) is 11.4 Å². The van der Waals surface area contributed by atoms with Gasteiger partial charge in [-0.1, -0.05) is 13.0 Å². The number of amides is 1. The van der Waals surface area contributed by atoms with Crippen molar-refractivity contribution in [1.29, 1.82) is 0 Å². The molecule has 0 radical (unpaired) electrons. The maximum Gasteiger partial charge on any atom is 0.410 e. The van der Waals surface area contributed by atoms with Gasteiger partial charge >= 0.3 is 6.09 Å². The average Bonchev–Trinajstić information content (AvgIpc) is 3.11. The average molecular weight is 444 g/mol. The van der Waals surface area contributed by atoms with Gasteiger partial charge in [0.2, 0.25) is 0 Å². The molecule has 2 unspecified atom stereocenters. The van der Waals surface area contributed by atoms with Crippen molar-refractivity contribution < 1.29 is 18.7 Å². The van der Waals surface area contributed by atoms with Gasteiger partial charge in [0.15, 0.2) is 6.23 Å². The zero-order chi connectivity index (χ0) is 23.0. The lowest BCUT2D eigenvalue weighted by Gasteiger charge is -2.32. The Morgan fingerprint density at radius 2 is 2.09 bits per heavy atom. The molecule has 1 saturated heterocycles. The molecule has 0 spiro atoms. The Labute approximate surface area is 189 Å². The molecule has 4 rings (SSSR count). The number of rotatable bonds is 3. The van der Waals surface area contributed by atoms with Crippen LogP contribution >= 0.6 is 0 Å². The summed E-state index contributed by atoms with van der Waals surface area (Å²) in [5, 5.41) is 5.04. The third-order valence-corrected chi connectivity index (χ3v) is 6.31. The Bertz CT molecular complexity index is 989. The highest BCUT2D eigenvalue weighted by atomic mass is 19.1. The summed E-state index contributed by atoms with van der Waals surface area (Å²) >= 11 is 0. The quantitative estimate of drug-likeness (QED) is 0.631. The molecule has 3 heterocycles. The van der Waals surface area contributed by atoms with Crippen LogP contribution in [0.1, 0.15) is 87.2 Å². The zero-order valence-corrected chi connectivity index (χ0v) is 19.8. The third kappa shape index (κ3) is 4.68. The highest BCUT2D eigenvalue weighted by Gasteiger charge is 2.34. The van der Waals surface area contributed by atoms with Gasteiger partial charge in [-0.25, -0.2) is 13.9 Å². The number of aromatic nitrogens is 2. The van der Waals surface area contributed by atoms with E-state index in [0.717, 1.165) is 48.4 Å². The molecule has 0 bridgehead atoms. The molecule has 0 N–H and O–H groups in total. The van der Waals surface area contributed by atoms with Crippen molar-refractivity contribution in [3.05, 3.63) is 52.1 Å². The lowest BCUT2D eigenvalue weighted by atomic mass is 9.89. The monoisotopic (exact) mass is 443 g/mol. The van der Waals surface area contributed by atoms with E-state index >= 15 is 0 Å². The first-order valence-corrected chi connectivity index (χ1v) is 11.6. The summed E-state index contributed by atoms with van der Waals surface area (Å²) < 4.78 is 27.4. The summed E-state index contributed by atoms with van der Waals surface area (Å²) in [6.07, 6.45) is 3.35. The van der Waals surface area contributed by atoms with E-state index in [1.54, 1.807) is 11.0 Å². The number of carbonyl (C=O) groups excluding carboxylic acids is 1. The number of hydrogen-bond donors (Lipinski definition) is 0. The summed E-state index contributed by atoms with van der Waals surface area (Å²) in [5.41, 5.74) is 4.64. The molecule has 2 atom stereocenters. The molecule has 2 aromatic rings.